The van der Waals surface area contributed by atoms with Crippen molar-refractivity contribution in [2.75, 3.05) is 5.32 Å². The summed E-state index contributed by atoms with van der Waals surface area (Å²) in [6.07, 6.45) is 4.85. The standard InChI is InChI=1S/C14H15ClN4O/c1-3-7-19-14(20)13(15)12(9-18-19)17-8-11-10(2)5-4-6-16-11/h3-6,9,17H,1,7-8H2,2H3. The van der Waals surface area contributed by atoms with Crippen LogP contribution in [0, 0.1) is 6.92 Å². The Morgan fingerprint density at radius 3 is 3.05 bits per heavy atom. The van der Waals surface area contributed by atoms with Gasteiger partial charge in [-0.3, -0.25) is 9.78 Å². The quantitative estimate of drug-likeness (QED) is 0.859. The van der Waals surface area contributed by atoms with Crippen LogP contribution in [0.3, 0.4) is 0 Å². The Labute approximate surface area is 121 Å². The molecule has 104 valence electrons. The molecule has 0 fully saturated rings. The van der Waals surface area contributed by atoms with E-state index >= 15 is 0 Å². The van der Waals surface area contributed by atoms with Gasteiger partial charge in [0.15, 0.2) is 0 Å². The van der Waals surface area contributed by atoms with Gasteiger partial charge in [0, 0.05) is 6.20 Å². The van der Waals surface area contributed by atoms with Gasteiger partial charge in [0.2, 0.25) is 0 Å². The zero-order valence-electron chi connectivity index (χ0n) is 11.1. The molecule has 0 atom stereocenters. The molecular weight excluding hydrogens is 276 g/mol. The van der Waals surface area contributed by atoms with Crippen molar-refractivity contribution in [2.24, 2.45) is 0 Å². The molecule has 1 N–H and O–H groups in total. The third-order valence-electron chi connectivity index (χ3n) is 2.85. The first kappa shape index (κ1) is 14.3. The van der Waals surface area contributed by atoms with E-state index in [2.05, 4.69) is 22.0 Å². The molecule has 0 aliphatic heterocycles. The zero-order valence-corrected chi connectivity index (χ0v) is 11.9. The molecule has 0 saturated heterocycles. The van der Waals surface area contributed by atoms with Crippen molar-refractivity contribution in [1.29, 1.82) is 0 Å². The average Bonchev–Trinajstić information content (AvgIpc) is 2.45. The van der Waals surface area contributed by atoms with Crippen LogP contribution in [-0.2, 0) is 13.1 Å². The van der Waals surface area contributed by atoms with Gasteiger partial charge in [-0.25, -0.2) is 4.68 Å². The SMILES string of the molecule is C=CCn1ncc(NCc2ncccc2C)c(Cl)c1=O. The minimum atomic E-state index is -0.339. The van der Waals surface area contributed by atoms with Gasteiger partial charge >= 0.3 is 0 Å². The number of anilines is 1. The fourth-order valence-corrected chi connectivity index (χ4v) is 1.94. The molecule has 0 spiro atoms. The summed E-state index contributed by atoms with van der Waals surface area (Å²) in [6.45, 7) is 6.36. The first-order valence-electron chi connectivity index (χ1n) is 6.14. The summed E-state index contributed by atoms with van der Waals surface area (Å²) in [7, 11) is 0. The van der Waals surface area contributed by atoms with Crippen molar-refractivity contribution >= 4 is 17.3 Å². The molecule has 5 nitrogen and oxygen atoms in total. The smallest absolute Gasteiger partial charge is 0.287 e. The summed E-state index contributed by atoms with van der Waals surface area (Å²) in [6, 6.07) is 3.86. The maximum Gasteiger partial charge on any atom is 0.287 e. The van der Waals surface area contributed by atoms with Crippen molar-refractivity contribution in [3.63, 3.8) is 0 Å². The normalized spacial score (nSPS) is 10.3. The second-order valence-electron chi connectivity index (χ2n) is 4.27. The molecule has 0 aliphatic carbocycles. The maximum absolute atomic E-state index is 11.9. The summed E-state index contributed by atoms with van der Waals surface area (Å²) in [4.78, 5) is 16.2. The van der Waals surface area contributed by atoms with Crippen molar-refractivity contribution in [2.45, 2.75) is 20.0 Å². The number of hydrogen-bond acceptors (Lipinski definition) is 4. The lowest BCUT2D eigenvalue weighted by Gasteiger charge is -2.10. The van der Waals surface area contributed by atoms with Crippen LogP contribution in [0.2, 0.25) is 5.02 Å². The fourth-order valence-electron chi connectivity index (χ4n) is 1.72. The van der Waals surface area contributed by atoms with Gasteiger partial charge in [-0.1, -0.05) is 23.7 Å². The molecule has 0 unspecified atom stereocenters. The summed E-state index contributed by atoms with van der Waals surface area (Å²) in [5.74, 6) is 0. The van der Waals surface area contributed by atoms with E-state index in [1.165, 1.54) is 10.9 Å². The molecule has 6 heteroatoms. The Hall–Kier alpha value is -2.14. The highest BCUT2D eigenvalue weighted by molar-refractivity contribution is 6.32. The van der Waals surface area contributed by atoms with Crippen molar-refractivity contribution in [3.8, 4) is 0 Å². The Kier molecular flexibility index (Phi) is 4.53. The number of hydrogen-bond donors (Lipinski definition) is 1. The van der Waals surface area contributed by atoms with Gasteiger partial charge in [-0.2, -0.15) is 5.10 Å². The Morgan fingerprint density at radius 2 is 2.35 bits per heavy atom. The third-order valence-corrected chi connectivity index (χ3v) is 3.22. The highest BCUT2D eigenvalue weighted by Gasteiger charge is 2.09. The number of allylic oxidation sites excluding steroid dienone is 1. The van der Waals surface area contributed by atoms with E-state index < -0.39 is 0 Å². The first-order chi connectivity index (χ1) is 9.63. The molecule has 0 aliphatic rings. The molecule has 2 rings (SSSR count). The molecule has 0 saturated carbocycles. The molecule has 0 bridgehead atoms. The molecule has 0 radical (unpaired) electrons. The van der Waals surface area contributed by atoms with Crippen LogP contribution in [0.25, 0.3) is 0 Å². The lowest BCUT2D eigenvalue weighted by Crippen LogP contribution is -2.23. The summed E-state index contributed by atoms with van der Waals surface area (Å²) in [5.41, 5.74) is 2.14. The number of rotatable bonds is 5. The van der Waals surface area contributed by atoms with Gasteiger partial charge in [-0.05, 0) is 18.6 Å². The predicted octanol–water partition coefficient (Wildman–Crippen LogP) is 2.40. The van der Waals surface area contributed by atoms with E-state index in [9.17, 15) is 4.79 Å². The number of pyridine rings is 1. The zero-order chi connectivity index (χ0) is 14.5. The van der Waals surface area contributed by atoms with Gasteiger partial charge < -0.3 is 5.32 Å². The highest BCUT2D eigenvalue weighted by Crippen LogP contribution is 2.16. The van der Waals surface area contributed by atoms with Gasteiger partial charge in [0.1, 0.15) is 5.02 Å². The van der Waals surface area contributed by atoms with Gasteiger partial charge in [-0.15, -0.1) is 6.58 Å². The number of aromatic nitrogens is 3. The number of halogens is 1. The van der Waals surface area contributed by atoms with E-state index in [0.717, 1.165) is 11.3 Å². The Balaban J connectivity index is 2.19. The molecule has 20 heavy (non-hydrogen) atoms. The topological polar surface area (TPSA) is 59.8 Å². The molecule has 2 aromatic rings. The van der Waals surface area contributed by atoms with Crippen LogP contribution in [0.4, 0.5) is 5.69 Å². The van der Waals surface area contributed by atoms with E-state index in [1.807, 2.05) is 19.1 Å². The Bertz CT molecular complexity index is 681. The summed E-state index contributed by atoms with van der Waals surface area (Å²) in [5, 5.41) is 7.23. The summed E-state index contributed by atoms with van der Waals surface area (Å²) >= 11 is 6.05. The fraction of sp³-hybridized carbons (Fsp3) is 0.214. The van der Waals surface area contributed by atoms with E-state index in [1.54, 1.807) is 12.3 Å². The van der Waals surface area contributed by atoms with Crippen LogP contribution in [-0.4, -0.2) is 14.8 Å². The van der Waals surface area contributed by atoms with Crippen LogP contribution in [0.15, 0.2) is 42.0 Å². The van der Waals surface area contributed by atoms with Gasteiger partial charge in [0.25, 0.3) is 5.56 Å². The Morgan fingerprint density at radius 1 is 1.55 bits per heavy atom. The van der Waals surface area contributed by atoms with E-state index in [4.69, 9.17) is 11.6 Å². The minimum absolute atomic E-state index is 0.121. The van der Waals surface area contributed by atoms with E-state index in [-0.39, 0.29) is 10.6 Å². The molecule has 0 aromatic carbocycles. The van der Waals surface area contributed by atoms with Crippen molar-refractivity contribution in [1.82, 2.24) is 14.8 Å². The average molecular weight is 291 g/mol. The van der Waals surface area contributed by atoms with Crippen LogP contribution >= 0.6 is 11.6 Å². The van der Waals surface area contributed by atoms with Crippen LogP contribution in [0.5, 0.6) is 0 Å². The number of aryl methyl sites for hydroxylation is 1. The largest absolute Gasteiger partial charge is 0.377 e. The van der Waals surface area contributed by atoms with Crippen molar-refractivity contribution < 1.29 is 0 Å². The van der Waals surface area contributed by atoms with Crippen LogP contribution in [0.1, 0.15) is 11.3 Å². The van der Waals surface area contributed by atoms with Gasteiger partial charge in [0.05, 0.1) is 30.7 Å². The summed E-state index contributed by atoms with van der Waals surface area (Å²) < 4.78 is 1.26. The lowest BCUT2D eigenvalue weighted by atomic mass is 10.2. The van der Waals surface area contributed by atoms with E-state index in [0.29, 0.717) is 18.8 Å². The third kappa shape index (κ3) is 3.05. The molecule has 2 aromatic heterocycles. The van der Waals surface area contributed by atoms with Crippen LogP contribution < -0.4 is 10.9 Å². The lowest BCUT2D eigenvalue weighted by molar-refractivity contribution is 0.653. The monoisotopic (exact) mass is 290 g/mol. The maximum atomic E-state index is 11.9. The molecular formula is C14H15ClN4O. The highest BCUT2D eigenvalue weighted by atomic mass is 35.5. The molecule has 0 amide bonds. The minimum Gasteiger partial charge on any atom is -0.377 e. The molecule has 2 heterocycles. The second-order valence-corrected chi connectivity index (χ2v) is 4.65. The first-order valence-corrected chi connectivity index (χ1v) is 6.52. The second kappa shape index (κ2) is 6.34. The number of nitrogens with zero attached hydrogens (tertiary/aromatic N) is 3. The predicted molar refractivity (Wildman–Crippen MR) is 80.0 cm³/mol. The van der Waals surface area contributed by atoms with Crippen molar-refractivity contribution in [3.05, 3.63) is 63.8 Å². The number of nitrogens with one attached hydrogen (secondary N) is 1.